The Balaban J connectivity index is 2.60. The number of aromatic nitrogens is 2. The Hall–Kier alpha value is -3.28. The van der Waals surface area contributed by atoms with E-state index in [0.717, 1.165) is 12.1 Å². The highest BCUT2D eigenvalue weighted by Gasteiger charge is 2.36. The Kier molecular flexibility index (Phi) is 4.08. The van der Waals surface area contributed by atoms with Gasteiger partial charge in [-0.05, 0) is 6.07 Å². The van der Waals surface area contributed by atoms with E-state index in [9.17, 15) is 29.8 Å². The van der Waals surface area contributed by atoms with Crippen LogP contribution < -0.4 is 5.69 Å². The number of benzene rings is 1. The van der Waals surface area contributed by atoms with E-state index in [4.69, 9.17) is 0 Å². The number of nitrogens with one attached hydrogen (secondary N) is 1. The van der Waals surface area contributed by atoms with Gasteiger partial charge in [-0.25, -0.2) is 9.36 Å². The Bertz CT molecular complexity index is 955. The zero-order chi connectivity index (χ0) is 18.2. The minimum absolute atomic E-state index is 0.0672. The molecule has 9 nitrogen and oxygen atoms in total. The molecule has 0 aliphatic heterocycles. The molecule has 1 aromatic carbocycles. The lowest BCUT2D eigenvalue weighted by molar-refractivity contribution is -0.384. The molecule has 2 rings (SSSR count). The summed E-state index contributed by atoms with van der Waals surface area (Å²) in [6.45, 7) is 4.69. The molecule has 0 saturated carbocycles. The molecule has 0 fully saturated rings. The normalized spacial score (nSPS) is 12.6. The third-order valence-corrected chi connectivity index (χ3v) is 3.47. The van der Waals surface area contributed by atoms with Crippen LogP contribution in [0.3, 0.4) is 0 Å². The van der Waals surface area contributed by atoms with E-state index in [1.54, 1.807) is 26.8 Å². The maximum absolute atomic E-state index is 12.5. The smallest absolute Gasteiger partial charge is 0.305 e. The van der Waals surface area contributed by atoms with Crippen LogP contribution in [0, 0.1) is 32.8 Å². The highest BCUT2D eigenvalue weighted by atomic mass is 16.6. The van der Waals surface area contributed by atoms with Crippen molar-refractivity contribution in [3.63, 3.8) is 0 Å². The molecule has 124 valence electrons. The van der Waals surface area contributed by atoms with Gasteiger partial charge in [0.25, 0.3) is 11.6 Å². The van der Waals surface area contributed by atoms with E-state index in [1.165, 1.54) is 6.07 Å². The quantitative estimate of drug-likeness (QED) is 0.515. The van der Waals surface area contributed by atoms with Crippen molar-refractivity contribution in [1.82, 2.24) is 9.55 Å². The first-order valence-corrected chi connectivity index (χ1v) is 6.95. The molecule has 1 heterocycles. The molecule has 1 N–H and O–H groups in total. The number of nitriles is 1. The molecule has 1 atom stereocenters. The molecule has 0 spiro atoms. The molecule has 2 aromatic rings. The van der Waals surface area contributed by atoms with E-state index < -0.39 is 33.6 Å². The van der Waals surface area contributed by atoms with Crippen molar-refractivity contribution in [2.45, 2.75) is 20.8 Å². The van der Waals surface area contributed by atoms with Crippen LogP contribution in [0.2, 0.25) is 0 Å². The summed E-state index contributed by atoms with van der Waals surface area (Å²) < 4.78 is 0.663. The zero-order valence-corrected chi connectivity index (χ0v) is 13.2. The minimum Gasteiger partial charge on any atom is -0.305 e. The monoisotopic (exact) mass is 330 g/mol. The number of non-ortho nitro benzene ring substituents is 1. The van der Waals surface area contributed by atoms with Gasteiger partial charge in [0.05, 0.1) is 22.0 Å². The van der Waals surface area contributed by atoms with Crippen LogP contribution in [-0.2, 0) is 4.79 Å². The zero-order valence-electron chi connectivity index (χ0n) is 13.2. The number of Topliss-reactive ketones (excluding diaryl/α,β-unsaturated/α-hetero) is 1. The third-order valence-electron chi connectivity index (χ3n) is 3.47. The number of H-pyrrole nitrogens is 1. The molecule has 1 aromatic heterocycles. The van der Waals surface area contributed by atoms with Gasteiger partial charge < -0.3 is 4.98 Å². The van der Waals surface area contributed by atoms with Crippen molar-refractivity contribution in [3.05, 3.63) is 38.8 Å². The maximum Gasteiger partial charge on any atom is 0.333 e. The van der Waals surface area contributed by atoms with Crippen molar-refractivity contribution < 1.29 is 14.5 Å². The van der Waals surface area contributed by atoms with Gasteiger partial charge in [-0.3, -0.25) is 19.7 Å². The Labute approximate surface area is 135 Å². The number of ketones is 1. The van der Waals surface area contributed by atoms with Crippen LogP contribution in [0.15, 0.2) is 23.0 Å². The molecule has 0 bridgehead atoms. The molecule has 9 heteroatoms. The van der Waals surface area contributed by atoms with Crippen LogP contribution in [0.25, 0.3) is 11.0 Å². The predicted octanol–water partition coefficient (Wildman–Crippen LogP) is 1.63. The first-order chi connectivity index (χ1) is 11.1. The van der Waals surface area contributed by atoms with E-state index in [-0.39, 0.29) is 16.7 Å². The first kappa shape index (κ1) is 17.1. The summed E-state index contributed by atoms with van der Waals surface area (Å²) in [5, 5.41) is 20.0. The van der Waals surface area contributed by atoms with Gasteiger partial charge in [-0.1, -0.05) is 20.8 Å². The number of hydrogen-bond acceptors (Lipinski definition) is 6. The van der Waals surface area contributed by atoms with Gasteiger partial charge in [0, 0.05) is 17.5 Å². The Morgan fingerprint density at radius 1 is 1.38 bits per heavy atom. The summed E-state index contributed by atoms with van der Waals surface area (Å²) in [6, 6.07) is 5.09. The van der Waals surface area contributed by atoms with E-state index in [2.05, 4.69) is 4.98 Å². The fourth-order valence-electron chi connectivity index (χ4n) is 2.22. The summed E-state index contributed by atoms with van der Waals surface area (Å²) in [7, 11) is 0. The van der Waals surface area contributed by atoms with Crippen LogP contribution in [-0.4, -0.2) is 26.2 Å². The number of nitro groups is 1. The molecule has 0 radical (unpaired) electrons. The lowest BCUT2D eigenvalue weighted by Crippen LogP contribution is -2.38. The number of carbonyl (C=O) groups is 2. The largest absolute Gasteiger partial charge is 0.333 e. The van der Waals surface area contributed by atoms with E-state index >= 15 is 0 Å². The van der Waals surface area contributed by atoms with Crippen molar-refractivity contribution in [3.8, 4) is 6.07 Å². The first-order valence-electron chi connectivity index (χ1n) is 6.95. The van der Waals surface area contributed by atoms with Crippen LogP contribution in [0.1, 0.15) is 25.6 Å². The molecule has 0 saturated heterocycles. The number of hydrogen-bond donors (Lipinski definition) is 1. The number of aromatic amines is 1. The Morgan fingerprint density at radius 3 is 2.50 bits per heavy atom. The topological polar surface area (TPSA) is 139 Å². The highest BCUT2D eigenvalue weighted by molar-refractivity contribution is 6.08. The van der Waals surface area contributed by atoms with Gasteiger partial charge in [-0.15, -0.1) is 0 Å². The molecule has 0 aliphatic carbocycles. The summed E-state index contributed by atoms with van der Waals surface area (Å²) in [4.78, 5) is 49.3. The van der Waals surface area contributed by atoms with E-state index in [1.807, 2.05) is 0 Å². The van der Waals surface area contributed by atoms with Crippen molar-refractivity contribution >= 4 is 28.4 Å². The number of nitro benzene ring substituents is 1. The second-order valence-electron chi connectivity index (χ2n) is 6.24. The predicted molar refractivity (Wildman–Crippen MR) is 83.4 cm³/mol. The van der Waals surface area contributed by atoms with E-state index in [0.29, 0.717) is 4.57 Å². The van der Waals surface area contributed by atoms with Crippen molar-refractivity contribution in [1.29, 1.82) is 5.26 Å². The summed E-state index contributed by atoms with van der Waals surface area (Å²) in [5.41, 5.74) is -1.92. The number of fused-ring (bicyclic) bond motifs is 1. The number of rotatable bonds is 3. The molecule has 24 heavy (non-hydrogen) atoms. The lowest BCUT2D eigenvalue weighted by atomic mass is 9.83. The number of carbonyl (C=O) groups excluding carboxylic acids is 2. The van der Waals surface area contributed by atoms with Gasteiger partial charge in [-0.2, -0.15) is 5.26 Å². The maximum atomic E-state index is 12.5. The summed E-state index contributed by atoms with van der Waals surface area (Å²) >= 11 is 0. The van der Waals surface area contributed by atoms with Gasteiger partial charge in [0.1, 0.15) is 0 Å². The van der Waals surface area contributed by atoms with Crippen LogP contribution >= 0.6 is 0 Å². The Morgan fingerprint density at radius 2 is 2.00 bits per heavy atom. The van der Waals surface area contributed by atoms with Gasteiger partial charge in [0.2, 0.25) is 0 Å². The number of nitrogens with zero attached hydrogens (tertiary/aromatic N) is 3. The fraction of sp³-hybridized carbons (Fsp3) is 0.333. The van der Waals surface area contributed by atoms with Crippen molar-refractivity contribution in [2.75, 3.05) is 0 Å². The number of imidazole rings is 1. The molecule has 0 amide bonds. The SMILES string of the molecule is CC(C)(C)C(=O)C(C#N)C(=O)n1c(=O)[nH]c2cc([N+](=O)[O-])ccc21. The molecular formula is C15H14N4O5. The fourth-order valence-corrected chi connectivity index (χ4v) is 2.22. The molecule has 0 aliphatic rings. The van der Waals surface area contributed by atoms with Crippen molar-refractivity contribution in [2.24, 2.45) is 11.3 Å². The molecular weight excluding hydrogens is 316 g/mol. The second-order valence-corrected chi connectivity index (χ2v) is 6.24. The van der Waals surface area contributed by atoms with Crippen LogP contribution in [0.4, 0.5) is 5.69 Å². The average molecular weight is 330 g/mol. The lowest BCUT2D eigenvalue weighted by Gasteiger charge is -2.19. The van der Waals surface area contributed by atoms with Gasteiger partial charge in [0.15, 0.2) is 11.7 Å². The molecule has 1 unspecified atom stereocenters. The summed E-state index contributed by atoms with van der Waals surface area (Å²) in [6.07, 6.45) is 0. The minimum atomic E-state index is -1.64. The average Bonchev–Trinajstić information content (AvgIpc) is 2.81. The highest BCUT2D eigenvalue weighted by Crippen LogP contribution is 2.23. The van der Waals surface area contributed by atoms with Crippen LogP contribution in [0.5, 0.6) is 0 Å². The third kappa shape index (κ3) is 2.81. The standard InChI is InChI=1S/C15H14N4O5/c1-15(2,3)12(20)9(7-16)13(21)18-11-5-4-8(19(23)24)6-10(11)17-14(18)22/h4-6,9H,1-3H3,(H,17,22). The second kappa shape index (κ2) is 5.73. The van der Waals surface area contributed by atoms with Gasteiger partial charge >= 0.3 is 5.69 Å². The summed E-state index contributed by atoms with van der Waals surface area (Å²) in [5.74, 6) is -3.24.